The van der Waals surface area contributed by atoms with Crippen molar-refractivity contribution in [2.24, 2.45) is 5.41 Å². The minimum Gasteiger partial charge on any atom is -0.369 e. The summed E-state index contributed by atoms with van der Waals surface area (Å²) in [6, 6.07) is 2.10. The molecule has 4 heteroatoms. The number of halogens is 1. The molecule has 0 atom stereocenters. The molecule has 0 aromatic carbocycles. The van der Waals surface area contributed by atoms with Gasteiger partial charge in [0.2, 0.25) is 0 Å². The van der Waals surface area contributed by atoms with Crippen molar-refractivity contribution in [2.45, 2.75) is 26.7 Å². The van der Waals surface area contributed by atoms with Gasteiger partial charge in [-0.05, 0) is 72.9 Å². The average molecular weight is 312 g/mol. The van der Waals surface area contributed by atoms with Crippen LogP contribution in [0.2, 0.25) is 0 Å². The lowest BCUT2D eigenvalue weighted by Gasteiger charge is -2.38. The first-order chi connectivity index (χ1) is 8.48. The molecule has 1 aliphatic rings. The maximum absolute atomic E-state index is 4.44. The second-order valence-electron chi connectivity index (χ2n) is 5.79. The monoisotopic (exact) mass is 311 g/mol. The number of pyridine rings is 1. The average Bonchev–Trinajstić information content (AvgIpc) is 2.32. The van der Waals surface area contributed by atoms with E-state index < -0.39 is 0 Å². The van der Waals surface area contributed by atoms with Crippen LogP contribution in [0, 0.1) is 12.3 Å². The number of piperidine rings is 1. The highest BCUT2D eigenvalue weighted by Gasteiger charge is 2.28. The summed E-state index contributed by atoms with van der Waals surface area (Å²) in [5, 5.41) is 3.51. The summed E-state index contributed by atoms with van der Waals surface area (Å²) in [5.41, 5.74) is 1.59. The van der Waals surface area contributed by atoms with E-state index in [0.29, 0.717) is 5.41 Å². The van der Waals surface area contributed by atoms with Gasteiger partial charge < -0.3 is 10.2 Å². The molecule has 18 heavy (non-hydrogen) atoms. The molecule has 100 valence electrons. The van der Waals surface area contributed by atoms with E-state index in [4.69, 9.17) is 0 Å². The largest absolute Gasteiger partial charge is 0.369 e. The summed E-state index contributed by atoms with van der Waals surface area (Å²) in [6.45, 7) is 7.88. The molecular weight excluding hydrogens is 290 g/mol. The SMILES string of the molecule is Cc1cc(Br)cnc1NCC1(C)CCN(C)CC1. The minimum absolute atomic E-state index is 0.397. The number of likely N-dealkylation sites (tertiary alicyclic amines) is 1. The Morgan fingerprint density at radius 2 is 2.11 bits per heavy atom. The van der Waals surface area contributed by atoms with Crippen molar-refractivity contribution in [3.8, 4) is 0 Å². The van der Waals surface area contributed by atoms with Crippen molar-refractivity contribution < 1.29 is 0 Å². The van der Waals surface area contributed by atoms with E-state index in [1.54, 1.807) is 0 Å². The van der Waals surface area contributed by atoms with E-state index in [1.165, 1.54) is 31.5 Å². The molecule has 1 fully saturated rings. The van der Waals surface area contributed by atoms with Crippen molar-refractivity contribution in [1.29, 1.82) is 0 Å². The normalized spacial score (nSPS) is 19.8. The van der Waals surface area contributed by atoms with Crippen LogP contribution < -0.4 is 5.32 Å². The molecule has 0 radical (unpaired) electrons. The van der Waals surface area contributed by atoms with E-state index in [9.17, 15) is 0 Å². The second-order valence-corrected chi connectivity index (χ2v) is 6.70. The molecule has 3 nitrogen and oxygen atoms in total. The third kappa shape index (κ3) is 3.45. The second kappa shape index (κ2) is 5.57. The van der Waals surface area contributed by atoms with Crippen molar-refractivity contribution in [3.05, 3.63) is 22.3 Å². The quantitative estimate of drug-likeness (QED) is 0.928. The van der Waals surface area contributed by atoms with Crippen molar-refractivity contribution >= 4 is 21.7 Å². The van der Waals surface area contributed by atoms with Crippen LogP contribution in [0.3, 0.4) is 0 Å². The van der Waals surface area contributed by atoms with Gasteiger partial charge in [0.25, 0.3) is 0 Å². The molecule has 0 spiro atoms. The van der Waals surface area contributed by atoms with Crippen LogP contribution >= 0.6 is 15.9 Å². The summed E-state index contributed by atoms with van der Waals surface area (Å²) in [6.07, 6.45) is 4.37. The fourth-order valence-corrected chi connectivity index (χ4v) is 2.80. The molecule has 0 bridgehead atoms. The zero-order chi connectivity index (χ0) is 13.2. The molecule has 1 N–H and O–H groups in total. The van der Waals surface area contributed by atoms with Crippen LogP contribution in [0.15, 0.2) is 16.7 Å². The Morgan fingerprint density at radius 3 is 2.72 bits per heavy atom. The number of rotatable bonds is 3. The summed E-state index contributed by atoms with van der Waals surface area (Å²) < 4.78 is 1.04. The van der Waals surface area contributed by atoms with E-state index in [1.807, 2.05) is 6.20 Å². The molecule has 2 rings (SSSR count). The van der Waals surface area contributed by atoms with E-state index in [2.05, 4.69) is 58.1 Å². The maximum Gasteiger partial charge on any atom is 0.128 e. The number of aryl methyl sites for hydroxylation is 1. The molecular formula is C14H22BrN3. The fraction of sp³-hybridized carbons (Fsp3) is 0.643. The van der Waals surface area contributed by atoms with Crippen LogP contribution in [0.5, 0.6) is 0 Å². The Labute approximate surface area is 118 Å². The van der Waals surface area contributed by atoms with Crippen LogP contribution in [0.1, 0.15) is 25.3 Å². The number of aromatic nitrogens is 1. The van der Waals surface area contributed by atoms with Gasteiger partial charge in [-0.25, -0.2) is 4.98 Å². The molecule has 2 heterocycles. The first-order valence-electron chi connectivity index (χ1n) is 6.53. The lowest BCUT2D eigenvalue weighted by molar-refractivity contribution is 0.150. The van der Waals surface area contributed by atoms with Gasteiger partial charge in [0.1, 0.15) is 5.82 Å². The Hall–Kier alpha value is -0.610. The zero-order valence-corrected chi connectivity index (χ0v) is 13.0. The summed E-state index contributed by atoms with van der Waals surface area (Å²) in [5.74, 6) is 1.01. The van der Waals surface area contributed by atoms with Crippen LogP contribution in [0.4, 0.5) is 5.82 Å². The molecule has 0 aliphatic carbocycles. The van der Waals surface area contributed by atoms with Crippen LogP contribution in [-0.2, 0) is 0 Å². The first kappa shape index (κ1) is 13.8. The Morgan fingerprint density at radius 1 is 1.44 bits per heavy atom. The predicted molar refractivity (Wildman–Crippen MR) is 80.0 cm³/mol. The van der Waals surface area contributed by atoms with Gasteiger partial charge in [-0.15, -0.1) is 0 Å². The number of hydrogen-bond acceptors (Lipinski definition) is 3. The highest BCUT2D eigenvalue weighted by molar-refractivity contribution is 9.10. The maximum atomic E-state index is 4.44. The molecule has 0 amide bonds. The summed E-state index contributed by atoms with van der Waals surface area (Å²) >= 11 is 3.45. The Kier molecular flexibility index (Phi) is 4.28. The van der Waals surface area contributed by atoms with Crippen molar-refractivity contribution in [2.75, 3.05) is 32.0 Å². The van der Waals surface area contributed by atoms with Crippen LogP contribution in [0.25, 0.3) is 0 Å². The molecule has 0 unspecified atom stereocenters. The van der Waals surface area contributed by atoms with Gasteiger partial charge >= 0.3 is 0 Å². The van der Waals surface area contributed by atoms with E-state index in [-0.39, 0.29) is 0 Å². The Bertz CT molecular complexity index is 412. The number of nitrogens with zero attached hydrogens (tertiary/aromatic N) is 2. The standard InChI is InChI=1S/C14H22BrN3/c1-11-8-12(15)9-16-13(11)17-10-14(2)4-6-18(3)7-5-14/h8-9H,4-7,10H2,1-3H3,(H,16,17). The minimum atomic E-state index is 0.397. The number of hydrogen-bond donors (Lipinski definition) is 1. The van der Waals surface area contributed by atoms with Crippen molar-refractivity contribution in [1.82, 2.24) is 9.88 Å². The summed E-state index contributed by atoms with van der Waals surface area (Å²) in [4.78, 5) is 6.85. The molecule has 1 saturated heterocycles. The third-order valence-corrected chi connectivity index (χ3v) is 4.36. The number of nitrogens with one attached hydrogen (secondary N) is 1. The van der Waals surface area contributed by atoms with Gasteiger partial charge in [-0.2, -0.15) is 0 Å². The van der Waals surface area contributed by atoms with Gasteiger partial charge in [0, 0.05) is 17.2 Å². The zero-order valence-electron chi connectivity index (χ0n) is 11.5. The topological polar surface area (TPSA) is 28.2 Å². The predicted octanol–water partition coefficient (Wildman–Crippen LogP) is 3.30. The van der Waals surface area contributed by atoms with Crippen molar-refractivity contribution in [3.63, 3.8) is 0 Å². The molecule has 1 aromatic rings. The molecule has 1 aliphatic heterocycles. The van der Waals surface area contributed by atoms with Gasteiger partial charge in [0.05, 0.1) is 0 Å². The Balaban J connectivity index is 1.94. The third-order valence-electron chi connectivity index (χ3n) is 3.92. The van der Waals surface area contributed by atoms with E-state index in [0.717, 1.165) is 16.8 Å². The van der Waals surface area contributed by atoms with Crippen LogP contribution in [-0.4, -0.2) is 36.6 Å². The molecule has 0 saturated carbocycles. The van der Waals surface area contributed by atoms with Gasteiger partial charge in [0.15, 0.2) is 0 Å². The fourth-order valence-electron chi connectivity index (χ4n) is 2.36. The highest BCUT2D eigenvalue weighted by atomic mass is 79.9. The number of anilines is 1. The smallest absolute Gasteiger partial charge is 0.128 e. The lowest BCUT2D eigenvalue weighted by Crippen LogP contribution is -2.40. The van der Waals surface area contributed by atoms with E-state index >= 15 is 0 Å². The first-order valence-corrected chi connectivity index (χ1v) is 7.32. The lowest BCUT2D eigenvalue weighted by atomic mass is 9.80. The molecule has 1 aromatic heterocycles. The van der Waals surface area contributed by atoms with Gasteiger partial charge in [-0.3, -0.25) is 0 Å². The van der Waals surface area contributed by atoms with Gasteiger partial charge in [-0.1, -0.05) is 6.92 Å². The highest BCUT2D eigenvalue weighted by Crippen LogP contribution is 2.30. The summed E-state index contributed by atoms with van der Waals surface area (Å²) in [7, 11) is 2.20.